The number of rotatable bonds is 4. The van der Waals surface area contributed by atoms with Gasteiger partial charge < -0.3 is 5.32 Å². The lowest BCUT2D eigenvalue weighted by molar-refractivity contribution is 0.0931. The minimum Gasteiger partial charge on any atom is -0.345 e. The van der Waals surface area contributed by atoms with Crippen LogP contribution in [-0.2, 0) is 0 Å². The summed E-state index contributed by atoms with van der Waals surface area (Å²) in [6.07, 6.45) is 5.59. The number of aromatic nitrogens is 3. The number of hydrogen-bond acceptors (Lipinski definition) is 3. The highest BCUT2D eigenvalue weighted by atomic mass is 16.1. The van der Waals surface area contributed by atoms with Gasteiger partial charge in [0.25, 0.3) is 5.91 Å². The zero-order chi connectivity index (χ0) is 14.9. The molecule has 2 aromatic heterocycles. The molecule has 0 saturated heterocycles. The summed E-state index contributed by atoms with van der Waals surface area (Å²) in [6, 6.07) is 12.0. The first-order chi connectivity index (χ1) is 10.8. The van der Waals surface area contributed by atoms with Gasteiger partial charge in [0, 0.05) is 11.6 Å². The Morgan fingerprint density at radius 2 is 2.05 bits per heavy atom. The molecule has 1 fully saturated rings. The number of fused-ring (bicyclic) bond motifs is 1. The summed E-state index contributed by atoms with van der Waals surface area (Å²) in [5.41, 5.74) is 2.42. The zero-order valence-electron chi connectivity index (χ0n) is 12.0. The molecule has 1 aliphatic carbocycles. The molecule has 0 spiro atoms. The van der Waals surface area contributed by atoms with E-state index in [1.165, 1.54) is 12.8 Å². The number of benzene rings is 1. The number of amides is 1. The Bertz CT molecular complexity index is 808. The number of hydrogen-bond donors (Lipinski definition) is 2. The van der Waals surface area contributed by atoms with Crippen molar-refractivity contribution >= 4 is 16.9 Å². The average Bonchev–Trinajstić information content (AvgIpc) is 3.29. The van der Waals surface area contributed by atoms with Gasteiger partial charge in [-0.2, -0.15) is 5.10 Å². The summed E-state index contributed by atoms with van der Waals surface area (Å²) in [7, 11) is 0. The van der Waals surface area contributed by atoms with Gasteiger partial charge in [0.15, 0.2) is 5.65 Å². The van der Waals surface area contributed by atoms with Crippen molar-refractivity contribution in [3.63, 3.8) is 0 Å². The van der Waals surface area contributed by atoms with Gasteiger partial charge in [0.1, 0.15) is 0 Å². The quantitative estimate of drug-likeness (QED) is 0.776. The molecule has 2 heterocycles. The predicted molar refractivity (Wildman–Crippen MR) is 83.3 cm³/mol. The second-order valence-corrected chi connectivity index (χ2v) is 5.73. The van der Waals surface area contributed by atoms with E-state index in [4.69, 9.17) is 0 Å². The molecule has 5 heteroatoms. The standard InChI is InChI=1S/C17H16N4O/c22-17(14-8-13-10-19-21-16(13)18-9-14)20-15(12-6-7-12)11-4-2-1-3-5-11/h1-5,8-10,12,15H,6-7H2,(H,20,22)(H,18,19,21). The third-order valence-corrected chi connectivity index (χ3v) is 4.09. The van der Waals surface area contributed by atoms with Gasteiger partial charge in [0.05, 0.1) is 17.8 Å². The first kappa shape index (κ1) is 13.0. The molecule has 2 N–H and O–H groups in total. The summed E-state index contributed by atoms with van der Waals surface area (Å²) in [5.74, 6) is 0.452. The van der Waals surface area contributed by atoms with E-state index in [2.05, 4.69) is 32.6 Å². The molecule has 1 aromatic carbocycles. The topological polar surface area (TPSA) is 70.7 Å². The van der Waals surface area contributed by atoms with Gasteiger partial charge >= 0.3 is 0 Å². The molecule has 110 valence electrons. The first-order valence-electron chi connectivity index (χ1n) is 7.46. The van der Waals surface area contributed by atoms with E-state index in [0.29, 0.717) is 17.1 Å². The van der Waals surface area contributed by atoms with E-state index in [-0.39, 0.29) is 11.9 Å². The number of pyridine rings is 1. The van der Waals surface area contributed by atoms with Crippen LogP contribution in [0, 0.1) is 5.92 Å². The maximum absolute atomic E-state index is 12.5. The molecule has 1 aliphatic rings. The van der Waals surface area contributed by atoms with Crippen LogP contribution in [-0.4, -0.2) is 21.1 Å². The molecule has 22 heavy (non-hydrogen) atoms. The third kappa shape index (κ3) is 2.45. The van der Waals surface area contributed by atoms with E-state index in [9.17, 15) is 4.79 Å². The number of carbonyl (C=O) groups excluding carboxylic acids is 1. The maximum atomic E-state index is 12.5. The minimum absolute atomic E-state index is 0.0775. The Morgan fingerprint density at radius 1 is 1.23 bits per heavy atom. The molecule has 0 aliphatic heterocycles. The van der Waals surface area contributed by atoms with E-state index in [0.717, 1.165) is 10.9 Å². The van der Waals surface area contributed by atoms with E-state index in [1.54, 1.807) is 12.4 Å². The Morgan fingerprint density at radius 3 is 2.82 bits per heavy atom. The van der Waals surface area contributed by atoms with Crippen LogP contribution >= 0.6 is 0 Å². The molecule has 4 rings (SSSR count). The Hall–Kier alpha value is -2.69. The Labute approximate surface area is 127 Å². The molecule has 1 atom stereocenters. The van der Waals surface area contributed by atoms with Gasteiger partial charge in [-0.25, -0.2) is 4.98 Å². The van der Waals surface area contributed by atoms with Crippen LogP contribution < -0.4 is 5.32 Å². The second-order valence-electron chi connectivity index (χ2n) is 5.73. The van der Waals surface area contributed by atoms with Crippen LogP contribution in [0.15, 0.2) is 48.8 Å². The Balaban J connectivity index is 1.59. The van der Waals surface area contributed by atoms with Crippen LogP contribution in [0.4, 0.5) is 0 Å². The van der Waals surface area contributed by atoms with Crippen molar-refractivity contribution in [3.05, 3.63) is 59.9 Å². The molecule has 1 saturated carbocycles. The van der Waals surface area contributed by atoms with Crippen molar-refractivity contribution in [2.24, 2.45) is 5.92 Å². The maximum Gasteiger partial charge on any atom is 0.253 e. The lowest BCUT2D eigenvalue weighted by Gasteiger charge is -2.18. The molecule has 3 aromatic rings. The lowest BCUT2D eigenvalue weighted by Crippen LogP contribution is -2.29. The SMILES string of the molecule is O=C(NC(c1ccccc1)C1CC1)c1cnc2[nH]ncc2c1. The number of H-pyrrole nitrogens is 1. The molecule has 1 unspecified atom stereocenters. The van der Waals surface area contributed by atoms with Gasteiger partial charge in [-0.15, -0.1) is 0 Å². The number of aromatic amines is 1. The summed E-state index contributed by atoms with van der Waals surface area (Å²) < 4.78 is 0. The average molecular weight is 292 g/mol. The van der Waals surface area contributed by atoms with Crippen molar-refractivity contribution in [1.82, 2.24) is 20.5 Å². The molecule has 5 nitrogen and oxygen atoms in total. The summed E-state index contributed by atoms with van der Waals surface area (Å²) >= 11 is 0. The molecular formula is C17H16N4O. The first-order valence-corrected chi connectivity index (χ1v) is 7.46. The third-order valence-electron chi connectivity index (χ3n) is 4.09. The van der Waals surface area contributed by atoms with Crippen LogP contribution in [0.2, 0.25) is 0 Å². The van der Waals surface area contributed by atoms with Crippen LogP contribution in [0.3, 0.4) is 0 Å². The van der Waals surface area contributed by atoms with Crippen LogP contribution in [0.5, 0.6) is 0 Å². The molecule has 0 radical (unpaired) electrons. The van der Waals surface area contributed by atoms with Crippen molar-refractivity contribution in [2.45, 2.75) is 18.9 Å². The van der Waals surface area contributed by atoms with Crippen molar-refractivity contribution in [1.29, 1.82) is 0 Å². The summed E-state index contributed by atoms with van der Waals surface area (Å²) in [6.45, 7) is 0. The van der Waals surface area contributed by atoms with Crippen LogP contribution in [0.1, 0.15) is 34.8 Å². The van der Waals surface area contributed by atoms with E-state index in [1.807, 2.05) is 24.3 Å². The zero-order valence-corrected chi connectivity index (χ0v) is 12.0. The molecule has 0 bridgehead atoms. The largest absolute Gasteiger partial charge is 0.345 e. The fraction of sp³-hybridized carbons (Fsp3) is 0.235. The normalized spacial score (nSPS) is 15.6. The monoisotopic (exact) mass is 292 g/mol. The minimum atomic E-state index is -0.0867. The van der Waals surface area contributed by atoms with E-state index >= 15 is 0 Å². The number of carbonyl (C=O) groups is 1. The Kier molecular flexibility index (Phi) is 3.11. The van der Waals surface area contributed by atoms with E-state index < -0.39 is 0 Å². The second kappa shape index (κ2) is 5.26. The predicted octanol–water partition coefficient (Wildman–Crippen LogP) is 2.84. The van der Waals surface area contributed by atoms with Gasteiger partial charge in [-0.3, -0.25) is 9.89 Å². The highest BCUT2D eigenvalue weighted by molar-refractivity contribution is 5.97. The van der Waals surface area contributed by atoms with Crippen LogP contribution in [0.25, 0.3) is 11.0 Å². The highest BCUT2D eigenvalue weighted by Gasteiger charge is 2.33. The number of nitrogens with zero attached hydrogens (tertiary/aromatic N) is 2. The van der Waals surface area contributed by atoms with Gasteiger partial charge in [-0.05, 0) is 30.4 Å². The van der Waals surface area contributed by atoms with Gasteiger partial charge in [-0.1, -0.05) is 30.3 Å². The number of nitrogens with one attached hydrogen (secondary N) is 2. The lowest BCUT2D eigenvalue weighted by atomic mass is 10.0. The highest BCUT2D eigenvalue weighted by Crippen LogP contribution is 2.41. The molecular weight excluding hydrogens is 276 g/mol. The van der Waals surface area contributed by atoms with Gasteiger partial charge in [0.2, 0.25) is 0 Å². The van der Waals surface area contributed by atoms with Crippen molar-refractivity contribution in [2.75, 3.05) is 0 Å². The summed E-state index contributed by atoms with van der Waals surface area (Å²) in [5, 5.41) is 10.7. The van der Waals surface area contributed by atoms with Crippen molar-refractivity contribution < 1.29 is 4.79 Å². The van der Waals surface area contributed by atoms with Crippen molar-refractivity contribution in [3.8, 4) is 0 Å². The fourth-order valence-electron chi connectivity index (χ4n) is 2.75. The fourth-order valence-corrected chi connectivity index (χ4v) is 2.75. The summed E-state index contributed by atoms with van der Waals surface area (Å²) in [4.78, 5) is 16.8. The molecule has 1 amide bonds. The smallest absolute Gasteiger partial charge is 0.253 e.